The Kier molecular flexibility index (Phi) is 6.48. The maximum atomic E-state index is 12.8. The van der Waals surface area contributed by atoms with Gasteiger partial charge >= 0.3 is 0 Å². The number of benzene rings is 2. The number of hydrogen-bond donors (Lipinski definition) is 3. The molecule has 188 valence electrons. The number of amides is 2. The van der Waals surface area contributed by atoms with E-state index in [1.54, 1.807) is 6.92 Å². The third-order valence-corrected chi connectivity index (χ3v) is 6.93. The molecule has 1 saturated carbocycles. The predicted molar refractivity (Wildman–Crippen MR) is 147 cm³/mol. The lowest BCUT2D eigenvalue weighted by atomic mass is 9.97. The molecule has 0 saturated heterocycles. The molecule has 0 atom stereocenters. The molecule has 4 aromatic rings. The minimum atomic E-state index is -0.224. The highest BCUT2D eigenvalue weighted by molar-refractivity contribution is 6.08. The molecular formula is C29H30N6O2. The van der Waals surface area contributed by atoms with Gasteiger partial charge in [0.15, 0.2) is 0 Å². The molecule has 0 unspecified atom stereocenters. The van der Waals surface area contributed by atoms with E-state index in [0.29, 0.717) is 28.3 Å². The van der Waals surface area contributed by atoms with Crippen molar-refractivity contribution < 1.29 is 9.59 Å². The molecule has 1 aliphatic carbocycles. The molecule has 37 heavy (non-hydrogen) atoms. The van der Waals surface area contributed by atoms with E-state index >= 15 is 0 Å². The first-order valence-electron chi connectivity index (χ1n) is 12.4. The molecule has 4 N–H and O–H groups in total. The van der Waals surface area contributed by atoms with Gasteiger partial charge in [0.05, 0.1) is 11.1 Å². The second-order valence-corrected chi connectivity index (χ2v) is 9.58. The molecule has 0 bridgehead atoms. The molecule has 8 nitrogen and oxygen atoms in total. The SMILES string of the molecule is C=C(C)C(=O)Nc1ccc(-c2c(-c3ccc(C(=O)NC4CCCC4)cc3)c3c(N)ncnc3n2C)cc1. The number of nitrogens with one attached hydrogen (secondary N) is 2. The zero-order valence-corrected chi connectivity index (χ0v) is 21.0. The Hall–Kier alpha value is -4.46. The Morgan fingerprint density at radius 1 is 1.00 bits per heavy atom. The van der Waals surface area contributed by atoms with E-state index in [9.17, 15) is 9.59 Å². The van der Waals surface area contributed by atoms with Gasteiger partial charge in [-0.2, -0.15) is 0 Å². The number of carbonyl (C=O) groups excluding carboxylic acids is 2. The lowest BCUT2D eigenvalue weighted by Crippen LogP contribution is -2.32. The number of carbonyl (C=O) groups is 2. The van der Waals surface area contributed by atoms with Crippen molar-refractivity contribution in [3.63, 3.8) is 0 Å². The van der Waals surface area contributed by atoms with Crippen LogP contribution in [0.2, 0.25) is 0 Å². The molecule has 0 spiro atoms. The summed E-state index contributed by atoms with van der Waals surface area (Å²) in [6.45, 7) is 5.35. The standard InChI is InChI=1S/C29H30N6O2/c1-17(2)28(36)33-22-14-12-19(13-15-22)25-23(24-26(30)31-16-32-27(24)35(25)3)18-8-10-20(11-9-18)29(37)34-21-6-4-5-7-21/h8-16,21H,1,4-7H2,2-3H3,(H,33,36)(H,34,37)(H2,30,31,32). The summed E-state index contributed by atoms with van der Waals surface area (Å²) >= 11 is 0. The van der Waals surface area contributed by atoms with Crippen molar-refractivity contribution >= 4 is 34.4 Å². The van der Waals surface area contributed by atoms with Crippen molar-refractivity contribution in [1.29, 1.82) is 0 Å². The van der Waals surface area contributed by atoms with Crippen LogP contribution in [0.4, 0.5) is 11.5 Å². The summed E-state index contributed by atoms with van der Waals surface area (Å²) in [4.78, 5) is 33.5. The number of anilines is 2. The Bertz CT molecular complexity index is 1500. The third-order valence-electron chi connectivity index (χ3n) is 6.93. The maximum absolute atomic E-state index is 12.8. The average molecular weight is 495 g/mol. The summed E-state index contributed by atoms with van der Waals surface area (Å²) in [5.41, 5.74) is 12.4. The van der Waals surface area contributed by atoms with Crippen LogP contribution in [0.25, 0.3) is 33.4 Å². The van der Waals surface area contributed by atoms with E-state index in [0.717, 1.165) is 40.6 Å². The normalized spacial score (nSPS) is 13.6. The molecule has 2 aromatic heterocycles. The summed E-state index contributed by atoms with van der Waals surface area (Å²) in [6, 6.07) is 15.4. The minimum Gasteiger partial charge on any atom is -0.383 e. The van der Waals surface area contributed by atoms with Gasteiger partial charge in [-0.1, -0.05) is 43.7 Å². The van der Waals surface area contributed by atoms with E-state index in [-0.39, 0.29) is 17.9 Å². The number of aromatic nitrogens is 3. The Balaban J connectivity index is 1.55. The molecule has 5 rings (SSSR count). The summed E-state index contributed by atoms with van der Waals surface area (Å²) in [5, 5.41) is 6.73. The number of nitrogen functional groups attached to an aromatic ring is 1. The van der Waals surface area contributed by atoms with Crippen LogP contribution in [0.3, 0.4) is 0 Å². The fourth-order valence-corrected chi connectivity index (χ4v) is 4.97. The van der Waals surface area contributed by atoms with Crippen LogP contribution in [-0.2, 0) is 11.8 Å². The van der Waals surface area contributed by atoms with E-state index in [2.05, 4.69) is 27.2 Å². The molecule has 2 aromatic carbocycles. The first kappa shape index (κ1) is 24.2. The quantitative estimate of drug-likeness (QED) is 0.324. The van der Waals surface area contributed by atoms with Gasteiger partial charge < -0.3 is 20.9 Å². The number of rotatable bonds is 6. The highest BCUT2D eigenvalue weighted by Gasteiger charge is 2.23. The van der Waals surface area contributed by atoms with Gasteiger partial charge in [0.25, 0.3) is 11.8 Å². The van der Waals surface area contributed by atoms with E-state index in [1.807, 2.05) is 60.1 Å². The van der Waals surface area contributed by atoms with Crippen LogP contribution >= 0.6 is 0 Å². The van der Waals surface area contributed by atoms with E-state index in [1.165, 1.54) is 19.2 Å². The number of hydrogen-bond acceptors (Lipinski definition) is 5. The summed E-state index contributed by atoms with van der Waals surface area (Å²) in [6.07, 6.45) is 5.87. The van der Waals surface area contributed by atoms with Crippen LogP contribution < -0.4 is 16.4 Å². The molecule has 2 amide bonds. The number of nitrogens with zero attached hydrogens (tertiary/aromatic N) is 3. The van der Waals surface area contributed by atoms with E-state index < -0.39 is 0 Å². The van der Waals surface area contributed by atoms with Crippen molar-refractivity contribution in [2.75, 3.05) is 11.1 Å². The number of aryl methyl sites for hydroxylation is 1. The third kappa shape index (κ3) is 4.70. The minimum absolute atomic E-state index is 0.0492. The second kappa shape index (κ2) is 9.89. The topological polar surface area (TPSA) is 115 Å². The molecule has 0 radical (unpaired) electrons. The fourth-order valence-electron chi connectivity index (χ4n) is 4.97. The second-order valence-electron chi connectivity index (χ2n) is 9.58. The van der Waals surface area contributed by atoms with Crippen molar-refractivity contribution in [3.8, 4) is 22.4 Å². The number of fused-ring (bicyclic) bond motifs is 1. The average Bonchev–Trinajstić information content (AvgIpc) is 3.51. The maximum Gasteiger partial charge on any atom is 0.251 e. The van der Waals surface area contributed by atoms with Crippen molar-refractivity contribution in [2.45, 2.75) is 38.6 Å². The number of nitrogens with two attached hydrogens (primary N) is 1. The van der Waals surface area contributed by atoms with Crippen molar-refractivity contribution in [2.24, 2.45) is 7.05 Å². The van der Waals surface area contributed by atoms with Crippen LogP contribution in [-0.4, -0.2) is 32.4 Å². The monoisotopic (exact) mass is 494 g/mol. The van der Waals surface area contributed by atoms with Gasteiger partial charge in [-0.25, -0.2) is 9.97 Å². The predicted octanol–water partition coefficient (Wildman–Crippen LogP) is 5.07. The fraction of sp³-hybridized carbons (Fsp3) is 0.241. The van der Waals surface area contributed by atoms with Crippen molar-refractivity contribution in [1.82, 2.24) is 19.9 Å². The van der Waals surface area contributed by atoms with Crippen LogP contribution in [0, 0.1) is 0 Å². The zero-order valence-electron chi connectivity index (χ0n) is 21.0. The van der Waals surface area contributed by atoms with Gasteiger partial charge in [0.1, 0.15) is 17.8 Å². The molecule has 0 aliphatic heterocycles. The first-order chi connectivity index (χ1) is 17.8. The van der Waals surface area contributed by atoms with E-state index in [4.69, 9.17) is 5.73 Å². The molecule has 1 aliphatic rings. The summed E-state index contributed by atoms with van der Waals surface area (Å²) in [5.74, 6) is 0.111. The van der Waals surface area contributed by atoms with Gasteiger partial charge in [0, 0.05) is 35.5 Å². The summed E-state index contributed by atoms with van der Waals surface area (Å²) < 4.78 is 1.99. The van der Waals surface area contributed by atoms with Gasteiger partial charge in [-0.3, -0.25) is 9.59 Å². The van der Waals surface area contributed by atoms with Gasteiger partial charge in [-0.15, -0.1) is 0 Å². The first-order valence-corrected chi connectivity index (χ1v) is 12.4. The Labute approximate surface area is 215 Å². The van der Waals surface area contributed by atoms with Crippen LogP contribution in [0.1, 0.15) is 43.0 Å². The van der Waals surface area contributed by atoms with Gasteiger partial charge in [-0.05, 0) is 55.2 Å². The Morgan fingerprint density at radius 2 is 1.65 bits per heavy atom. The lowest BCUT2D eigenvalue weighted by Gasteiger charge is -2.13. The largest absolute Gasteiger partial charge is 0.383 e. The highest BCUT2D eigenvalue weighted by Crippen LogP contribution is 2.41. The zero-order chi connectivity index (χ0) is 26.1. The Morgan fingerprint density at radius 3 is 2.30 bits per heavy atom. The summed E-state index contributed by atoms with van der Waals surface area (Å²) in [7, 11) is 1.94. The molecule has 8 heteroatoms. The molecule has 2 heterocycles. The molecular weight excluding hydrogens is 464 g/mol. The van der Waals surface area contributed by atoms with Crippen LogP contribution in [0.5, 0.6) is 0 Å². The lowest BCUT2D eigenvalue weighted by molar-refractivity contribution is -0.112. The smallest absolute Gasteiger partial charge is 0.251 e. The highest BCUT2D eigenvalue weighted by atomic mass is 16.2. The molecule has 1 fully saturated rings. The van der Waals surface area contributed by atoms with Crippen molar-refractivity contribution in [3.05, 3.63) is 72.6 Å². The van der Waals surface area contributed by atoms with Crippen LogP contribution in [0.15, 0.2) is 67.0 Å². The van der Waals surface area contributed by atoms with Gasteiger partial charge in [0.2, 0.25) is 0 Å².